The fourth-order valence-electron chi connectivity index (χ4n) is 4.77. The first kappa shape index (κ1) is 21.2. The van der Waals surface area contributed by atoms with Crippen molar-refractivity contribution in [1.29, 1.82) is 0 Å². The number of likely N-dealkylation sites (N-methyl/N-ethyl adjacent to an activating group) is 1. The molecule has 2 aliphatic rings. The number of likely N-dealkylation sites (tertiary alicyclic amines) is 1. The van der Waals surface area contributed by atoms with Gasteiger partial charge in [-0.2, -0.15) is 0 Å². The van der Waals surface area contributed by atoms with Crippen LogP contribution in [0.4, 0.5) is 14.9 Å². The molecule has 2 aromatic carbocycles. The highest BCUT2D eigenvalue weighted by Crippen LogP contribution is 2.48. The molecule has 31 heavy (non-hydrogen) atoms. The van der Waals surface area contributed by atoms with Crippen LogP contribution in [0.1, 0.15) is 42.5 Å². The van der Waals surface area contributed by atoms with Crippen LogP contribution in [0.2, 0.25) is 0 Å². The molecule has 0 radical (unpaired) electrons. The smallest absolute Gasteiger partial charge is 0.317 e. The minimum atomic E-state index is -0.283. The van der Waals surface area contributed by atoms with Gasteiger partial charge in [0.1, 0.15) is 5.82 Å². The quantitative estimate of drug-likeness (QED) is 0.746. The van der Waals surface area contributed by atoms with E-state index >= 15 is 0 Å². The zero-order valence-corrected chi connectivity index (χ0v) is 17.9. The van der Waals surface area contributed by atoms with E-state index in [-0.39, 0.29) is 36.5 Å². The summed E-state index contributed by atoms with van der Waals surface area (Å²) in [5.41, 5.74) is 3.67. The molecule has 1 fully saturated rings. The Morgan fingerprint density at radius 3 is 2.61 bits per heavy atom. The van der Waals surface area contributed by atoms with Crippen molar-refractivity contribution in [3.05, 3.63) is 65.0 Å². The average molecular weight is 422 g/mol. The van der Waals surface area contributed by atoms with Gasteiger partial charge >= 0.3 is 6.03 Å². The van der Waals surface area contributed by atoms with Gasteiger partial charge in [0.05, 0.1) is 18.7 Å². The maximum absolute atomic E-state index is 13.1. The monoisotopic (exact) mass is 421 g/mol. The van der Waals surface area contributed by atoms with E-state index in [4.69, 9.17) is 0 Å². The van der Waals surface area contributed by atoms with Crippen molar-refractivity contribution in [2.24, 2.45) is 5.92 Å². The number of fused-ring (bicyclic) bond motifs is 3. The summed E-state index contributed by atoms with van der Waals surface area (Å²) in [6, 6.07) is 12.0. The molecule has 162 valence electrons. The molecule has 0 aliphatic carbocycles. The van der Waals surface area contributed by atoms with Gasteiger partial charge in [0.25, 0.3) is 0 Å². The number of carbonyl (C=O) groups excluding carboxylic acids is 1. The number of halogens is 1. The molecule has 0 bridgehead atoms. The molecule has 6 heteroatoms. The maximum Gasteiger partial charge on any atom is 0.317 e. The molecule has 2 aliphatic heterocycles. The Morgan fingerprint density at radius 1 is 1.19 bits per heavy atom. The van der Waals surface area contributed by atoms with E-state index in [1.807, 2.05) is 31.0 Å². The van der Waals surface area contributed by atoms with Crippen LogP contribution in [0.5, 0.6) is 0 Å². The van der Waals surface area contributed by atoms with E-state index in [0.717, 1.165) is 35.2 Å². The van der Waals surface area contributed by atoms with Crippen molar-refractivity contribution in [1.82, 2.24) is 10.2 Å². The van der Waals surface area contributed by atoms with Crippen LogP contribution >= 0.6 is 0 Å². The molecule has 0 unspecified atom stereocenters. The van der Waals surface area contributed by atoms with Crippen molar-refractivity contribution in [3.8, 4) is 11.8 Å². The van der Waals surface area contributed by atoms with Crippen molar-refractivity contribution in [2.45, 2.75) is 31.8 Å². The number of nitrogens with one attached hydrogen (secondary N) is 1. The Hall–Kier alpha value is -3.04. The number of nitrogens with zero attached hydrogens (tertiary/aromatic N) is 2. The number of aliphatic hydroxyl groups is 1. The van der Waals surface area contributed by atoms with Gasteiger partial charge in [0.15, 0.2) is 0 Å². The fourth-order valence-corrected chi connectivity index (χ4v) is 4.77. The number of anilines is 1. The summed E-state index contributed by atoms with van der Waals surface area (Å²) in [4.78, 5) is 16.9. The van der Waals surface area contributed by atoms with Crippen LogP contribution in [0, 0.1) is 23.6 Å². The number of amides is 2. The van der Waals surface area contributed by atoms with Gasteiger partial charge in [-0.1, -0.05) is 18.8 Å². The number of hydrogen-bond acceptors (Lipinski definition) is 3. The lowest BCUT2D eigenvalue weighted by atomic mass is 9.81. The van der Waals surface area contributed by atoms with Crippen molar-refractivity contribution >= 4 is 11.7 Å². The predicted octanol–water partition coefficient (Wildman–Crippen LogP) is 3.52. The van der Waals surface area contributed by atoms with Gasteiger partial charge in [0.2, 0.25) is 0 Å². The lowest BCUT2D eigenvalue weighted by molar-refractivity contribution is 0.161. The summed E-state index contributed by atoms with van der Waals surface area (Å²) >= 11 is 0. The Morgan fingerprint density at radius 2 is 1.90 bits per heavy atom. The number of aliphatic hydroxyl groups excluding tert-OH is 1. The van der Waals surface area contributed by atoms with E-state index in [0.29, 0.717) is 13.1 Å². The molecule has 0 saturated carbocycles. The molecular weight excluding hydrogens is 393 g/mol. The second-order valence-electron chi connectivity index (χ2n) is 8.21. The predicted molar refractivity (Wildman–Crippen MR) is 119 cm³/mol. The van der Waals surface area contributed by atoms with Gasteiger partial charge in [-0.15, -0.1) is 0 Å². The normalized spacial score (nSPS) is 21.7. The molecule has 2 aromatic rings. The highest BCUT2D eigenvalue weighted by Gasteiger charge is 2.47. The van der Waals surface area contributed by atoms with Crippen LogP contribution in [-0.2, 0) is 0 Å². The second-order valence-corrected chi connectivity index (χ2v) is 8.21. The average Bonchev–Trinajstić information content (AvgIpc) is 3.22. The fraction of sp³-hybridized carbons (Fsp3) is 0.400. The third kappa shape index (κ3) is 4.11. The van der Waals surface area contributed by atoms with Gasteiger partial charge in [-0.3, -0.25) is 0 Å². The minimum absolute atomic E-state index is 0.0300. The lowest BCUT2D eigenvalue weighted by Gasteiger charge is -2.44. The number of carbonyl (C=O) groups is 1. The Labute approximate surface area is 182 Å². The third-order valence-corrected chi connectivity index (χ3v) is 6.33. The first-order chi connectivity index (χ1) is 15.0. The van der Waals surface area contributed by atoms with Gasteiger partial charge in [-0.25, -0.2) is 9.18 Å². The Balaban J connectivity index is 1.70. The molecule has 4 rings (SSSR count). The topological polar surface area (TPSA) is 55.8 Å². The maximum atomic E-state index is 13.1. The van der Waals surface area contributed by atoms with Crippen LogP contribution in [0.25, 0.3) is 0 Å². The molecule has 1 saturated heterocycles. The van der Waals surface area contributed by atoms with Crippen molar-refractivity contribution < 1.29 is 14.3 Å². The molecule has 0 spiro atoms. The second kappa shape index (κ2) is 8.99. The minimum Gasteiger partial charge on any atom is -0.394 e. The summed E-state index contributed by atoms with van der Waals surface area (Å²) in [5.74, 6) is 6.13. The molecule has 2 amide bonds. The van der Waals surface area contributed by atoms with Gasteiger partial charge in [0, 0.05) is 42.9 Å². The zero-order chi connectivity index (χ0) is 22.0. The van der Waals surface area contributed by atoms with E-state index < -0.39 is 0 Å². The number of hydrogen-bond donors (Lipinski definition) is 2. The molecule has 2 heterocycles. The van der Waals surface area contributed by atoms with Crippen LogP contribution in [0.3, 0.4) is 0 Å². The Bertz CT molecular complexity index is 1010. The molecule has 0 aromatic heterocycles. The lowest BCUT2D eigenvalue weighted by Crippen LogP contribution is -2.49. The number of benzene rings is 2. The molecular formula is C25H28FN3O2. The first-order valence-electron chi connectivity index (χ1n) is 10.8. The molecule has 5 nitrogen and oxygen atoms in total. The summed E-state index contributed by atoms with van der Waals surface area (Å²) in [6.45, 7) is 3.39. The van der Waals surface area contributed by atoms with E-state index in [1.54, 1.807) is 12.1 Å². The summed E-state index contributed by atoms with van der Waals surface area (Å²) < 4.78 is 13.1. The molecule has 3 atom stereocenters. The third-order valence-electron chi connectivity index (χ3n) is 6.33. The largest absolute Gasteiger partial charge is 0.394 e. The van der Waals surface area contributed by atoms with Crippen molar-refractivity contribution in [3.63, 3.8) is 0 Å². The SMILES string of the molecule is CCCNC(=O)N1CC[C@H]2[C@@H]1c1cc(C#Cc3ccc(F)cc3)ccc1N(C)[C@H]2CO. The van der Waals surface area contributed by atoms with E-state index in [2.05, 4.69) is 28.1 Å². The Kier molecular flexibility index (Phi) is 6.15. The summed E-state index contributed by atoms with van der Waals surface area (Å²) in [7, 11) is 2.00. The number of rotatable bonds is 3. The van der Waals surface area contributed by atoms with Crippen molar-refractivity contribution in [2.75, 3.05) is 31.6 Å². The highest BCUT2D eigenvalue weighted by atomic mass is 19.1. The van der Waals surface area contributed by atoms with Gasteiger partial charge in [-0.05, 0) is 60.9 Å². The number of urea groups is 1. The zero-order valence-electron chi connectivity index (χ0n) is 17.9. The van der Waals surface area contributed by atoms with Gasteiger partial charge < -0.3 is 20.2 Å². The molecule has 2 N–H and O–H groups in total. The summed E-state index contributed by atoms with van der Waals surface area (Å²) in [6.07, 6.45) is 1.74. The van der Waals surface area contributed by atoms with Crippen LogP contribution in [0.15, 0.2) is 42.5 Å². The summed E-state index contributed by atoms with van der Waals surface area (Å²) in [5, 5.41) is 13.1. The van der Waals surface area contributed by atoms with E-state index in [1.165, 1.54) is 12.1 Å². The standard InChI is InChI=1S/C25H28FN3O2/c1-3-13-27-25(31)29-14-12-20-23(16-30)28(2)22-11-8-18(15-21(22)24(20)29)5-4-17-6-9-19(26)10-7-17/h6-11,15,20,23-24,30H,3,12-14,16H2,1-2H3,(H,27,31)/t20-,23+,24-/m1/s1. The highest BCUT2D eigenvalue weighted by molar-refractivity contribution is 5.76. The van der Waals surface area contributed by atoms with Crippen LogP contribution < -0.4 is 10.2 Å². The first-order valence-corrected chi connectivity index (χ1v) is 10.8. The van der Waals surface area contributed by atoms with E-state index in [9.17, 15) is 14.3 Å². The van der Waals surface area contributed by atoms with Crippen LogP contribution in [-0.4, -0.2) is 48.8 Å².